The molecule has 0 amide bonds. The minimum atomic E-state index is 0.0604. The molecular weight excluding hydrogens is 184 g/mol. The number of rotatable bonds is 4. The molecule has 72 valence electrons. The fraction of sp³-hybridized carbons (Fsp3) is 0.455. The van der Waals surface area contributed by atoms with E-state index >= 15 is 0 Å². The predicted octanol–water partition coefficient (Wildman–Crippen LogP) is 3.26. The summed E-state index contributed by atoms with van der Waals surface area (Å²) in [4.78, 5) is 0. The Morgan fingerprint density at radius 1 is 1.46 bits per heavy atom. The summed E-state index contributed by atoms with van der Waals surface area (Å²) in [6.07, 6.45) is 1.04. The number of hydrogen-bond acceptors (Lipinski definition) is 1. The Labute approximate surface area is 84.7 Å². The van der Waals surface area contributed by atoms with Gasteiger partial charge in [-0.25, -0.2) is 0 Å². The molecule has 0 saturated carbocycles. The Hall–Kier alpha value is -0.690. The van der Waals surface area contributed by atoms with E-state index in [1.807, 2.05) is 19.1 Å². The van der Waals surface area contributed by atoms with Crippen LogP contribution >= 0.6 is 11.6 Å². The average molecular weight is 199 g/mol. The second kappa shape index (κ2) is 5.13. The molecule has 1 unspecified atom stereocenters. The topological polar surface area (TPSA) is 9.23 Å². The number of halogens is 1. The van der Waals surface area contributed by atoms with Crippen molar-refractivity contribution in [2.45, 2.75) is 25.6 Å². The van der Waals surface area contributed by atoms with Gasteiger partial charge in [-0.2, -0.15) is 0 Å². The van der Waals surface area contributed by atoms with Crippen LogP contribution in [0.1, 0.15) is 19.4 Å². The molecule has 0 aromatic heterocycles. The first kappa shape index (κ1) is 10.4. The van der Waals surface area contributed by atoms with Crippen molar-refractivity contribution >= 4 is 11.6 Å². The normalized spacial score (nSPS) is 12.5. The van der Waals surface area contributed by atoms with Crippen molar-refractivity contribution in [2.24, 2.45) is 0 Å². The third kappa shape index (κ3) is 3.69. The molecule has 0 saturated heterocycles. The van der Waals surface area contributed by atoms with E-state index in [1.54, 1.807) is 0 Å². The first-order chi connectivity index (χ1) is 6.22. The van der Waals surface area contributed by atoms with Crippen molar-refractivity contribution < 1.29 is 4.74 Å². The predicted molar refractivity (Wildman–Crippen MR) is 56.6 cm³/mol. The van der Waals surface area contributed by atoms with Crippen LogP contribution in [0.5, 0.6) is 5.75 Å². The standard InChI is InChI=1S/C11H15ClO/c1-3-10-5-4-6-11(7-10)13-8-9(2)12/h4-7,9H,3,8H2,1-2H3. The number of benzene rings is 1. The number of alkyl halides is 1. The summed E-state index contributed by atoms with van der Waals surface area (Å²) in [5, 5.41) is 0.0604. The Morgan fingerprint density at radius 2 is 2.23 bits per heavy atom. The SMILES string of the molecule is CCc1cccc(OCC(C)Cl)c1. The summed E-state index contributed by atoms with van der Waals surface area (Å²) >= 11 is 5.78. The summed E-state index contributed by atoms with van der Waals surface area (Å²) < 4.78 is 5.48. The van der Waals surface area contributed by atoms with Crippen LogP contribution in [-0.2, 0) is 6.42 Å². The van der Waals surface area contributed by atoms with Crippen molar-refractivity contribution in [3.63, 3.8) is 0 Å². The van der Waals surface area contributed by atoms with E-state index in [0.717, 1.165) is 12.2 Å². The van der Waals surface area contributed by atoms with Gasteiger partial charge in [-0.1, -0.05) is 19.1 Å². The second-order valence-electron chi connectivity index (χ2n) is 3.09. The van der Waals surface area contributed by atoms with E-state index in [4.69, 9.17) is 16.3 Å². The summed E-state index contributed by atoms with van der Waals surface area (Å²) in [6.45, 7) is 4.61. The molecule has 0 fully saturated rings. The molecule has 0 bridgehead atoms. The Bertz CT molecular complexity index is 258. The summed E-state index contributed by atoms with van der Waals surface area (Å²) in [5.41, 5.74) is 1.29. The third-order valence-electron chi connectivity index (χ3n) is 1.79. The van der Waals surface area contributed by atoms with Crippen LogP contribution < -0.4 is 4.74 Å². The molecule has 0 spiro atoms. The quantitative estimate of drug-likeness (QED) is 0.675. The highest BCUT2D eigenvalue weighted by Gasteiger charge is 1.98. The van der Waals surface area contributed by atoms with Gasteiger partial charge >= 0.3 is 0 Å². The molecule has 13 heavy (non-hydrogen) atoms. The third-order valence-corrected chi connectivity index (χ3v) is 1.91. The number of ether oxygens (including phenoxy) is 1. The van der Waals surface area contributed by atoms with Crippen LogP contribution in [0.15, 0.2) is 24.3 Å². The van der Waals surface area contributed by atoms with Gasteiger partial charge in [0.2, 0.25) is 0 Å². The van der Waals surface area contributed by atoms with Gasteiger partial charge in [-0.3, -0.25) is 0 Å². The smallest absolute Gasteiger partial charge is 0.119 e. The molecule has 1 rings (SSSR count). The van der Waals surface area contributed by atoms with Crippen molar-refractivity contribution in [3.8, 4) is 5.75 Å². The van der Waals surface area contributed by atoms with Crippen LogP contribution in [0.25, 0.3) is 0 Å². The van der Waals surface area contributed by atoms with Crippen LogP contribution in [0.4, 0.5) is 0 Å². The largest absolute Gasteiger partial charge is 0.492 e. The molecule has 1 atom stereocenters. The molecule has 0 N–H and O–H groups in total. The van der Waals surface area contributed by atoms with E-state index in [0.29, 0.717) is 6.61 Å². The lowest BCUT2D eigenvalue weighted by Crippen LogP contribution is -2.07. The van der Waals surface area contributed by atoms with Gasteiger partial charge in [-0.05, 0) is 31.0 Å². The van der Waals surface area contributed by atoms with Crippen LogP contribution in [-0.4, -0.2) is 12.0 Å². The molecule has 2 heteroatoms. The van der Waals surface area contributed by atoms with Gasteiger partial charge in [0.25, 0.3) is 0 Å². The Kier molecular flexibility index (Phi) is 4.10. The van der Waals surface area contributed by atoms with Crippen molar-refractivity contribution in [1.82, 2.24) is 0 Å². The van der Waals surface area contributed by atoms with E-state index in [1.165, 1.54) is 5.56 Å². The van der Waals surface area contributed by atoms with E-state index in [9.17, 15) is 0 Å². The number of hydrogen-bond donors (Lipinski definition) is 0. The minimum Gasteiger partial charge on any atom is -0.492 e. The first-order valence-corrected chi connectivity index (χ1v) is 5.02. The highest BCUT2D eigenvalue weighted by atomic mass is 35.5. The van der Waals surface area contributed by atoms with E-state index < -0.39 is 0 Å². The highest BCUT2D eigenvalue weighted by Crippen LogP contribution is 2.14. The van der Waals surface area contributed by atoms with Crippen LogP contribution in [0.2, 0.25) is 0 Å². The van der Waals surface area contributed by atoms with Gasteiger partial charge < -0.3 is 4.74 Å². The van der Waals surface area contributed by atoms with E-state index in [-0.39, 0.29) is 5.38 Å². The Morgan fingerprint density at radius 3 is 2.85 bits per heavy atom. The molecule has 0 radical (unpaired) electrons. The van der Waals surface area contributed by atoms with E-state index in [2.05, 4.69) is 19.1 Å². The average Bonchev–Trinajstić information content (AvgIpc) is 2.15. The van der Waals surface area contributed by atoms with Gasteiger partial charge in [-0.15, -0.1) is 11.6 Å². The first-order valence-electron chi connectivity index (χ1n) is 4.58. The highest BCUT2D eigenvalue weighted by molar-refractivity contribution is 6.20. The zero-order valence-electron chi connectivity index (χ0n) is 8.09. The lowest BCUT2D eigenvalue weighted by molar-refractivity contribution is 0.320. The lowest BCUT2D eigenvalue weighted by Gasteiger charge is -2.08. The molecule has 0 aliphatic rings. The lowest BCUT2D eigenvalue weighted by atomic mass is 10.2. The summed E-state index contributed by atoms with van der Waals surface area (Å²) in [7, 11) is 0. The zero-order valence-corrected chi connectivity index (χ0v) is 8.84. The van der Waals surface area contributed by atoms with Crippen molar-refractivity contribution in [1.29, 1.82) is 0 Å². The fourth-order valence-corrected chi connectivity index (χ4v) is 1.13. The molecule has 0 aliphatic carbocycles. The number of aryl methyl sites for hydroxylation is 1. The van der Waals surface area contributed by atoms with Gasteiger partial charge in [0, 0.05) is 0 Å². The zero-order chi connectivity index (χ0) is 9.68. The van der Waals surface area contributed by atoms with Crippen LogP contribution in [0, 0.1) is 0 Å². The summed E-state index contributed by atoms with van der Waals surface area (Å²) in [5.74, 6) is 0.909. The van der Waals surface area contributed by atoms with Gasteiger partial charge in [0.05, 0.1) is 5.38 Å². The second-order valence-corrected chi connectivity index (χ2v) is 3.84. The molecule has 1 aromatic carbocycles. The Balaban J connectivity index is 2.56. The maximum absolute atomic E-state index is 5.78. The van der Waals surface area contributed by atoms with Gasteiger partial charge in [0.15, 0.2) is 0 Å². The molecule has 0 aliphatic heterocycles. The van der Waals surface area contributed by atoms with Gasteiger partial charge in [0.1, 0.15) is 12.4 Å². The van der Waals surface area contributed by atoms with Crippen molar-refractivity contribution in [3.05, 3.63) is 29.8 Å². The fourth-order valence-electron chi connectivity index (χ4n) is 1.07. The molecule has 1 aromatic rings. The van der Waals surface area contributed by atoms with Crippen molar-refractivity contribution in [2.75, 3.05) is 6.61 Å². The monoisotopic (exact) mass is 198 g/mol. The van der Waals surface area contributed by atoms with Crippen LogP contribution in [0.3, 0.4) is 0 Å². The molecular formula is C11H15ClO. The maximum atomic E-state index is 5.78. The summed E-state index contributed by atoms with van der Waals surface area (Å²) in [6, 6.07) is 8.11. The molecule has 1 nitrogen and oxygen atoms in total. The molecule has 0 heterocycles. The minimum absolute atomic E-state index is 0.0604. The maximum Gasteiger partial charge on any atom is 0.119 e.